The fourth-order valence-electron chi connectivity index (χ4n) is 2.15. The molecule has 0 saturated carbocycles. The van der Waals surface area contributed by atoms with Crippen LogP contribution in [0.15, 0.2) is 36.5 Å². The second-order valence-electron chi connectivity index (χ2n) is 6.31. The second kappa shape index (κ2) is 7.62. The second-order valence-corrected chi connectivity index (χ2v) is 6.74. The van der Waals surface area contributed by atoms with Gasteiger partial charge in [0.15, 0.2) is 5.69 Å². The zero-order valence-electron chi connectivity index (χ0n) is 13.4. The van der Waals surface area contributed by atoms with Gasteiger partial charge in [-0.1, -0.05) is 31.5 Å². The van der Waals surface area contributed by atoms with Gasteiger partial charge in [0.2, 0.25) is 0 Å². The first-order valence-corrected chi connectivity index (χ1v) is 8.00. The molecule has 0 unspecified atom stereocenters. The van der Waals surface area contributed by atoms with Gasteiger partial charge in [-0.15, -0.1) is 0 Å². The lowest BCUT2D eigenvalue weighted by Crippen LogP contribution is -2.26. The number of nitrogens with one attached hydrogen (secondary N) is 1. The Bertz CT molecular complexity index is 667. The van der Waals surface area contributed by atoms with Crippen molar-refractivity contribution in [2.24, 2.45) is 5.41 Å². The third-order valence-electron chi connectivity index (χ3n) is 3.64. The standard InChI is InChI=1S/C17H22ClN3O2/c1-17(2,12-22)8-4-9-19-16(23)15-7-10-21(20-15)14-6-3-5-13(18)11-14/h3,5-7,10-11,22H,4,8-9,12H2,1-2H3,(H,19,23). The van der Waals surface area contributed by atoms with Gasteiger partial charge in [0.25, 0.3) is 5.91 Å². The smallest absolute Gasteiger partial charge is 0.271 e. The Hall–Kier alpha value is -1.85. The Morgan fingerprint density at radius 1 is 1.39 bits per heavy atom. The lowest BCUT2D eigenvalue weighted by molar-refractivity contribution is 0.0943. The van der Waals surface area contributed by atoms with Gasteiger partial charge in [-0.05, 0) is 42.5 Å². The van der Waals surface area contributed by atoms with E-state index in [1.165, 1.54) is 0 Å². The van der Waals surface area contributed by atoms with Crippen LogP contribution in [0.25, 0.3) is 5.69 Å². The molecule has 0 fully saturated rings. The summed E-state index contributed by atoms with van der Waals surface area (Å²) in [4.78, 5) is 12.1. The van der Waals surface area contributed by atoms with E-state index >= 15 is 0 Å². The highest BCUT2D eigenvalue weighted by Crippen LogP contribution is 2.20. The molecule has 1 amide bonds. The maximum atomic E-state index is 12.1. The van der Waals surface area contributed by atoms with E-state index in [-0.39, 0.29) is 17.9 Å². The van der Waals surface area contributed by atoms with Crippen LogP contribution >= 0.6 is 11.6 Å². The van der Waals surface area contributed by atoms with Crippen LogP contribution in [0.3, 0.4) is 0 Å². The molecule has 1 aromatic heterocycles. The molecule has 2 N–H and O–H groups in total. The summed E-state index contributed by atoms with van der Waals surface area (Å²) in [6, 6.07) is 8.96. The molecule has 0 aliphatic rings. The number of nitrogens with zero attached hydrogens (tertiary/aromatic N) is 2. The molecule has 0 spiro atoms. The van der Waals surface area contributed by atoms with Gasteiger partial charge in [0.1, 0.15) is 0 Å². The topological polar surface area (TPSA) is 67.2 Å². The van der Waals surface area contributed by atoms with Crippen LogP contribution in [0.5, 0.6) is 0 Å². The Morgan fingerprint density at radius 3 is 2.87 bits per heavy atom. The van der Waals surface area contributed by atoms with Gasteiger partial charge < -0.3 is 10.4 Å². The van der Waals surface area contributed by atoms with Crippen LogP contribution < -0.4 is 5.32 Å². The maximum Gasteiger partial charge on any atom is 0.271 e. The minimum absolute atomic E-state index is 0.112. The first kappa shape index (κ1) is 17.5. The molecule has 6 heteroatoms. The molecular weight excluding hydrogens is 314 g/mol. The molecule has 2 aromatic rings. The molecule has 0 radical (unpaired) electrons. The van der Waals surface area contributed by atoms with E-state index in [2.05, 4.69) is 10.4 Å². The largest absolute Gasteiger partial charge is 0.396 e. The van der Waals surface area contributed by atoms with Gasteiger partial charge in [-0.3, -0.25) is 4.79 Å². The van der Waals surface area contributed by atoms with Gasteiger partial charge in [0, 0.05) is 24.4 Å². The molecule has 0 atom stereocenters. The van der Waals surface area contributed by atoms with Crippen LogP contribution in [0.4, 0.5) is 0 Å². The summed E-state index contributed by atoms with van der Waals surface area (Å²) in [5.41, 5.74) is 1.06. The monoisotopic (exact) mass is 335 g/mol. The summed E-state index contributed by atoms with van der Waals surface area (Å²) in [6.45, 7) is 4.71. The third kappa shape index (κ3) is 5.08. The number of amides is 1. The summed E-state index contributed by atoms with van der Waals surface area (Å²) in [5.74, 6) is -0.201. The minimum atomic E-state index is -0.201. The quantitative estimate of drug-likeness (QED) is 0.764. The van der Waals surface area contributed by atoms with Crippen molar-refractivity contribution >= 4 is 17.5 Å². The highest BCUT2D eigenvalue weighted by atomic mass is 35.5. The SMILES string of the molecule is CC(C)(CO)CCCNC(=O)c1ccn(-c2cccc(Cl)c2)n1. The van der Waals surface area contributed by atoms with Crippen molar-refractivity contribution in [1.29, 1.82) is 0 Å². The average molecular weight is 336 g/mol. The van der Waals surface area contributed by atoms with Crippen molar-refractivity contribution in [2.75, 3.05) is 13.2 Å². The van der Waals surface area contributed by atoms with E-state index in [4.69, 9.17) is 11.6 Å². The van der Waals surface area contributed by atoms with Crippen molar-refractivity contribution in [3.8, 4) is 5.69 Å². The van der Waals surface area contributed by atoms with Crippen LogP contribution in [0, 0.1) is 5.41 Å². The molecular formula is C17H22ClN3O2. The highest BCUT2D eigenvalue weighted by molar-refractivity contribution is 6.30. The molecule has 2 rings (SSSR count). The fraction of sp³-hybridized carbons (Fsp3) is 0.412. The van der Waals surface area contributed by atoms with Gasteiger partial charge in [-0.2, -0.15) is 5.10 Å². The minimum Gasteiger partial charge on any atom is -0.396 e. The van der Waals surface area contributed by atoms with E-state index in [0.29, 0.717) is 17.3 Å². The van der Waals surface area contributed by atoms with E-state index in [1.54, 1.807) is 29.1 Å². The first-order chi connectivity index (χ1) is 10.9. The molecule has 1 heterocycles. The van der Waals surface area contributed by atoms with E-state index in [9.17, 15) is 9.90 Å². The lowest BCUT2D eigenvalue weighted by atomic mass is 9.89. The van der Waals surface area contributed by atoms with E-state index < -0.39 is 0 Å². The highest BCUT2D eigenvalue weighted by Gasteiger charge is 2.16. The normalized spacial score (nSPS) is 11.5. The summed E-state index contributed by atoms with van der Waals surface area (Å²) in [5, 5.41) is 16.9. The Kier molecular flexibility index (Phi) is 5.80. The Morgan fingerprint density at radius 2 is 2.17 bits per heavy atom. The summed E-state index contributed by atoms with van der Waals surface area (Å²) < 4.78 is 1.62. The predicted molar refractivity (Wildman–Crippen MR) is 91.0 cm³/mol. The number of hydrogen-bond acceptors (Lipinski definition) is 3. The number of aliphatic hydroxyl groups excluding tert-OH is 1. The van der Waals surface area contributed by atoms with Crippen LogP contribution in [-0.2, 0) is 0 Å². The molecule has 0 saturated heterocycles. The van der Waals surface area contributed by atoms with Gasteiger partial charge in [-0.25, -0.2) is 4.68 Å². The number of aromatic nitrogens is 2. The van der Waals surface area contributed by atoms with Gasteiger partial charge in [0.05, 0.1) is 5.69 Å². The molecule has 124 valence electrons. The number of hydrogen-bond donors (Lipinski definition) is 2. The molecule has 0 aliphatic heterocycles. The number of rotatable bonds is 7. The van der Waals surface area contributed by atoms with Crippen molar-refractivity contribution in [3.63, 3.8) is 0 Å². The molecule has 0 bridgehead atoms. The van der Waals surface area contributed by atoms with Crippen LogP contribution in [0.2, 0.25) is 5.02 Å². The number of carbonyl (C=O) groups is 1. The van der Waals surface area contributed by atoms with Crippen LogP contribution in [-0.4, -0.2) is 33.9 Å². The number of aliphatic hydroxyl groups is 1. The Balaban J connectivity index is 1.89. The van der Waals surface area contributed by atoms with Crippen LogP contribution in [0.1, 0.15) is 37.2 Å². The van der Waals surface area contributed by atoms with E-state index in [0.717, 1.165) is 18.5 Å². The fourth-order valence-corrected chi connectivity index (χ4v) is 2.33. The third-order valence-corrected chi connectivity index (χ3v) is 3.87. The maximum absolute atomic E-state index is 12.1. The van der Waals surface area contributed by atoms with Crippen molar-refractivity contribution in [3.05, 3.63) is 47.2 Å². The zero-order valence-corrected chi connectivity index (χ0v) is 14.2. The first-order valence-electron chi connectivity index (χ1n) is 7.62. The molecule has 23 heavy (non-hydrogen) atoms. The Labute approximate surface area is 141 Å². The lowest BCUT2D eigenvalue weighted by Gasteiger charge is -2.21. The van der Waals surface area contributed by atoms with Crippen molar-refractivity contribution < 1.29 is 9.90 Å². The van der Waals surface area contributed by atoms with E-state index in [1.807, 2.05) is 26.0 Å². The number of benzene rings is 1. The predicted octanol–water partition coefficient (Wildman–Crippen LogP) is 3.05. The molecule has 5 nitrogen and oxygen atoms in total. The number of carbonyl (C=O) groups excluding carboxylic acids is 1. The molecule has 1 aromatic carbocycles. The molecule has 0 aliphatic carbocycles. The average Bonchev–Trinajstić information content (AvgIpc) is 3.01. The number of halogens is 1. The van der Waals surface area contributed by atoms with Crippen molar-refractivity contribution in [1.82, 2.24) is 15.1 Å². The van der Waals surface area contributed by atoms with Crippen molar-refractivity contribution in [2.45, 2.75) is 26.7 Å². The summed E-state index contributed by atoms with van der Waals surface area (Å²) in [6.07, 6.45) is 3.39. The summed E-state index contributed by atoms with van der Waals surface area (Å²) in [7, 11) is 0. The zero-order chi connectivity index (χ0) is 16.9. The summed E-state index contributed by atoms with van der Waals surface area (Å²) >= 11 is 5.96. The van der Waals surface area contributed by atoms with Gasteiger partial charge >= 0.3 is 0 Å².